The van der Waals surface area contributed by atoms with Crippen LogP contribution in [0.1, 0.15) is 24.8 Å². The van der Waals surface area contributed by atoms with Crippen LogP contribution in [0.3, 0.4) is 0 Å². The van der Waals surface area contributed by atoms with Crippen molar-refractivity contribution in [3.05, 3.63) is 55.1 Å². The van der Waals surface area contributed by atoms with E-state index in [4.69, 9.17) is 11.6 Å². The van der Waals surface area contributed by atoms with Crippen LogP contribution in [0.4, 0.5) is 0 Å². The van der Waals surface area contributed by atoms with Gasteiger partial charge in [0.15, 0.2) is 0 Å². The maximum Gasteiger partial charge on any atom is 0.137 e. The minimum atomic E-state index is -1.07. The van der Waals surface area contributed by atoms with Crippen molar-refractivity contribution in [1.29, 1.82) is 0 Å². The predicted octanol–water partition coefficient (Wildman–Crippen LogP) is 2.88. The lowest BCUT2D eigenvalue weighted by Crippen LogP contribution is -2.45. The van der Waals surface area contributed by atoms with Gasteiger partial charge in [0.2, 0.25) is 0 Å². The molecular formula is C16H18ClN3O. The summed E-state index contributed by atoms with van der Waals surface area (Å²) in [6.45, 7) is 4.44. The second kappa shape index (κ2) is 5.28. The lowest BCUT2D eigenvalue weighted by atomic mass is 9.87. The second-order valence-corrected chi connectivity index (χ2v) is 6.46. The van der Waals surface area contributed by atoms with E-state index in [0.29, 0.717) is 13.0 Å². The average Bonchev–Trinajstić information content (AvgIpc) is 3.04. The van der Waals surface area contributed by atoms with Gasteiger partial charge < -0.3 is 5.11 Å². The van der Waals surface area contributed by atoms with E-state index in [1.807, 2.05) is 30.3 Å². The fourth-order valence-electron chi connectivity index (χ4n) is 2.64. The van der Waals surface area contributed by atoms with Crippen molar-refractivity contribution in [3.63, 3.8) is 0 Å². The largest absolute Gasteiger partial charge is 0.386 e. The van der Waals surface area contributed by atoms with E-state index in [1.165, 1.54) is 6.33 Å². The molecule has 0 saturated heterocycles. The smallest absolute Gasteiger partial charge is 0.137 e. The molecule has 3 rings (SSSR count). The van der Waals surface area contributed by atoms with Crippen molar-refractivity contribution >= 4 is 17.2 Å². The van der Waals surface area contributed by atoms with E-state index in [-0.39, 0.29) is 0 Å². The summed E-state index contributed by atoms with van der Waals surface area (Å²) in [4.78, 5) is 3.33. The molecule has 0 spiro atoms. The summed E-state index contributed by atoms with van der Waals surface area (Å²) in [5.41, 5.74) is 0.829. The third-order valence-electron chi connectivity index (χ3n) is 4.10. The lowest BCUT2D eigenvalue weighted by Gasteiger charge is -2.33. The maximum atomic E-state index is 11.1. The van der Waals surface area contributed by atoms with E-state index >= 15 is 0 Å². The Morgan fingerprint density at radius 1 is 1.38 bits per heavy atom. The number of alkyl halides is 1. The van der Waals surface area contributed by atoms with Crippen molar-refractivity contribution in [2.75, 3.05) is 0 Å². The monoisotopic (exact) mass is 303 g/mol. The van der Waals surface area contributed by atoms with Gasteiger partial charge in [-0.25, -0.2) is 9.67 Å². The third-order valence-corrected chi connectivity index (χ3v) is 4.83. The molecule has 1 aromatic carbocycles. The summed E-state index contributed by atoms with van der Waals surface area (Å²) in [6.07, 6.45) is 5.09. The Labute approximate surface area is 129 Å². The molecule has 2 aromatic rings. The van der Waals surface area contributed by atoms with E-state index < -0.39 is 10.5 Å². The average molecular weight is 304 g/mol. The first-order chi connectivity index (χ1) is 10.0. The molecule has 0 radical (unpaired) electrons. The van der Waals surface area contributed by atoms with Gasteiger partial charge in [-0.3, -0.25) is 0 Å². The first-order valence-electron chi connectivity index (χ1n) is 6.99. The number of aliphatic hydroxyl groups is 1. The molecule has 1 atom stereocenters. The van der Waals surface area contributed by atoms with Gasteiger partial charge in [-0.05, 0) is 24.0 Å². The number of nitrogens with zero attached hydrogens (tertiary/aromatic N) is 3. The third kappa shape index (κ3) is 2.87. The first kappa shape index (κ1) is 14.3. The molecule has 1 unspecified atom stereocenters. The van der Waals surface area contributed by atoms with Crippen LogP contribution in [0.2, 0.25) is 0 Å². The molecule has 4 nitrogen and oxygen atoms in total. The van der Waals surface area contributed by atoms with Gasteiger partial charge in [-0.15, -0.1) is 11.6 Å². The molecule has 1 aliphatic rings. The Morgan fingerprint density at radius 3 is 2.67 bits per heavy atom. The summed E-state index contributed by atoms with van der Waals surface area (Å²) in [5.74, 6) is 0. The number of aromatic nitrogens is 3. The zero-order chi connectivity index (χ0) is 14.9. The molecule has 1 fully saturated rings. The Bertz CT molecular complexity index is 622. The van der Waals surface area contributed by atoms with E-state index in [9.17, 15) is 5.11 Å². The molecule has 5 heteroatoms. The fourth-order valence-corrected chi connectivity index (χ4v) is 2.86. The number of halogens is 1. The number of hydrogen-bond acceptors (Lipinski definition) is 3. The summed E-state index contributed by atoms with van der Waals surface area (Å²) in [5, 5.41) is 15.2. The second-order valence-electron chi connectivity index (χ2n) is 5.74. The Morgan fingerprint density at radius 2 is 2.10 bits per heavy atom. The Hall–Kier alpha value is -1.65. The molecule has 21 heavy (non-hydrogen) atoms. The van der Waals surface area contributed by atoms with Crippen molar-refractivity contribution in [2.24, 2.45) is 0 Å². The Balaban J connectivity index is 1.82. The van der Waals surface area contributed by atoms with Gasteiger partial charge >= 0.3 is 0 Å². The van der Waals surface area contributed by atoms with Crippen LogP contribution >= 0.6 is 11.6 Å². The van der Waals surface area contributed by atoms with Crippen LogP contribution in [-0.4, -0.2) is 30.3 Å². The molecule has 1 N–H and O–H groups in total. The summed E-state index contributed by atoms with van der Waals surface area (Å²) < 4.78 is 1.63. The van der Waals surface area contributed by atoms with Gasteiger partial charge in [0, 0.05) is 6.42 Å². The predicted molar refractivity (Wildman–Crippen MR) is 82.9 cm³/mol. The van der Waals surface area contributed by atoms with E-state index in [1.54, 1.807) is 11.0 Å². The number of hydrogen-bond donors (Lipinski definition) is 1. The van der Waals surface area contributed by atoms with Crippen molar-refractivity contribution < 1.29 is 5.11 Å². The highest BCUT2D eigenvalue weighted by Crippen LogP contribution is 2.54. The van der Waals surface area contributed by atoms with E-state index in [2.05, 4.69) is 16.7 Å². The van der Waals surface area contributed by atoms with Crippen molar-refractivity contribution in [3.8, 4) is 0 Å². The molecule has 1 aromatic heterocycles. The minimum Gasteiger partial charge on any atom is -0.386 e. The van der Waals surface area contributed by atoms with Crippen LogP contribution in [0.25, 0.3) is 5.57 Å². The molecule has 1 saturated carbocycles. The standard InChI is InChI=1S/C16H18ClN3O/c1-13(14-5-3-2-4-6-14)9-16(21,15(17)7-8-15)10-20-12-18-11-19-20/h2-6,11-12,21H,1,7-10H2. The summed E-state index contributed by atoms with van der Waals surface area (Å²) >= 11 is 6.55. The highest BCUT2D eigenvalue weighted by Gasteiger charge is 2.58. The summed E-state index contributed by atoms with van der Waals surface area (Å²) in [7, 11) is 0. The van der Waals surface area contributed by atoms with Gasteiger partial charge in [-0.2, -0.15) is 5.10 Å². The minimum absolute atomic E-state index is 0.322. The molecule has 1 aliphatic carbocycles. The first-order valence-corrected chi connectivity index (χ1v) is 7.37. The molecule has 110 valence electrons. The topological polar surface area (TPSA) is 50.9 Å². The zero-order valence-corrected chi connectivity index (χ0v) is 12.5. The van der Waals surface area contributed by atoms with Gasteiger partial charge in [0.05, 0.1) is 11.4 Å². The van der Waals surface area contributed by atoms with E-state index in [0.717, 1.165) is 24.0 Å². The zero-order valence-electron chi connectivity index (χ0n) is 11.7. The summed E-state index contributed by atoms with van der Waals surface area (Å²) in [6, 6.07) is 9.87. The highest BCUT2D eigenvalue weighted by atomic mass is 35.5. The molecule has 0 aliphatic heterocycles. The van der Waals surface area contributed by atoms with Gasteiger partial charge in [-0.1, -0.05) is 36.9 Å². The van der Waals surface area contributed by atoms with Crippen molar-refractivity contribution in [2.45, 2.75) is 36.3 Å². The molecule has 1 heterocycles. The SMILES string of the molecule is C=C(CC(O)(Cn1cncn1)C1(Cl)CC1)c1ccccc1. The number of rotatable bonds is 6. The quantitative estimate of drug-likeness (QED) is 0.835. The van der Waals surface area contributed by atoms with Crippen LogP contribution in [-0.2, 0) is 6.54 Å². The van der Waals surface area contributed by atoms with Crippen LogP contribution in [0, 0.1) is 0 Å². The van der Waals surface area contributed by atoms with Crippen LogP contribution in [0.5, 0.6) is 0 Å². The highest BCUT2D eigenvalue weighted by molar-refractivity contribution is 6.26. The van der Waals surface area contributed by atoms with Gasteiger partial charge in [0.1, 0.15) is 18.3 Å². The normalized spacial score (nSPS) is 19.0. The number of benzene rings is 1. The Kier molecular flexibility index (Phi) is 3.59. The fraction of sp³-hybridized carbons (Fsp3) is 0.375. The molecule has 0 amide bonds. The van der Waals surface area contributed by atoms with Crippen LogP contribution < -0.4 is 0 Å². The van der Waals surface area contributed by atoms with Crippen LogP contribution in [0.15, 0.2) is 49.6 Å². The van der Waals surface area contributed by atoms with Gasteiger partial charge in [0.25, 0.3) is 0 Å². The molecular weight excluding hydrogens is 286 g/mol. The van der Waals surface area contributed by atoms with Crippen molar-refractivity contribution in [1.82, 2.24) is 14.8 Å². The molecule has 0 bridgehead atoms. The lowest BCUT2D eigenvalue weighted by molar-refractivity contribution is 0.0124. The maximum absolute atomic E-state index is 11.1.